The van der Waals surface area contributed by atoms with E-state index < -0.39 is 0 Å². The van der Waals surface area contributed by atoms with E-state index in [9.17, 15) is 4.79 Å². The molecular formula is C19H23N5O2. The molecule has 26 heavy (non-hydrogen) atoms. The first-order chi connectivity index (χ1) is 12.6. The molecule has 3 heterocycles. The van der Waals surface area contributed by atoms with Crippen LogP contribution in [0.15, 0.2) is 30.3 Å². The second kappa shape index (κ2) is 6.57. The number of nitrogens with zero attached hydrogens (tertiary/aromatic N) is 3. The lowest BCUT2D eigenvalue weighted by Crippen LogP contribution is -2.53. The number of hydrogen-bond acceptors (Lipinski definition) is 6. The van der Waals surface area contributed by atoms with Crippen molar-refractivity contribution in [1.82, 2.24) is 14.9 Å². The summed E-state index contributed by atoms with van der Waals surface area (Å²) in [5.74, 6) is 0.897. The van der Waals surface area contributed by atoms with Gasteiger partial charge in [-0.05, 0) is 31.4 Å². The van der Waals surface area contributed by atoms with Gasteiger partial charge >= 0.3 is 0 Å². The number of hydrogen-bond donors (Lipinski definition) is 2. The van der Waals surface area contributed by atoms with E-state index in [0.717, 1.165) is 44.5 Å². The summed E-state index contributed by atoms with van der Waals surface area (Å²) in [6, 6.07) is 9.33. The van der Waals surface area contributed by atoms with Gasteiger partial charge in [0, 0.05) is 37.3 Å². The molecule has 7 heteroatoms. The minimum atomic E-state index is 0.0423. The smallest absolute Gasteiger partial charge is 0.253 e. The predicted octanol–water partition coefficient (Wildman–Crippen LogP) is 2.16. The van der Waals surface area contributed by atoms with Gasteiger partial charge in [-0.15, -0.1) is 0 Å². The summed E-state index contributed by atoms with van der Waals surface area (Å²) in [6.07, 6.45) is 2.96. The van der Waals surface area contributed by atoms with Crippen LogP contribution in [0.3, 0.4) is 0 Å². The van der Waals surface area contributed by atoms with E-state index in [2.05, 4.69) is 15.3 Å². The largest absolute Gasteiger partial charge is 0.375 e. The number of carbonyl (C=O) groups is 1. The van der Waals surface area contributed by atoms with Crippen molar-refractivity contribution in [2.24, 2.45) is 0 Å². The van der Waals surface area contributed by atoms with Crippen molar-refractivity contribution < 1.29 is 9.53 Å². The maximum absolute atomic E-state index is 12.9. The number of likely N-dealkylation sites (tertiary alicyclic amines) is 1. The molecule has 1 aromatic heterocycles. The van der Waals surface area contributed by atoms with Gasteiger partial charge in [-0.3, -0.25) is 4.79 Å². The maximum Gasteiger partial charge on any atom is 0.253 e. The van der Waals surface area contributed by atoms with Crippen molar-refractivity contribution in [3.8, 4) is 11.3 Å². The molecule has 2 saturated heterocycles. The quantitative estimate of drug-likeness (QED) is 0.878. The highest BCUT2D eigenvalue weighted by molar-refractivity contribution is 5.95. The van der Waals surface area contributed by atoms with Crippen LogP contribution in [0.25, 0.3) is 11.3 Å². The summed E-state index contributed by atoms with van der Waals surface area (Å²) in [5.41, 5.74) is 8.02. The molecule has 0 bridgehead atoms. The normalized spacial score (nSPS) is 18.4. The fourth-order valence-corrected chi connectivity index (χ4v) is 3.64. The minimum absolute atomic E-state index is 0.0423. The molecule has 2 aromatic rings. The van der Waals surface area contributed by atoms with Crippen LogP contribution in [0, 0.1) is 0 Å². The monoisotopic (exact) mass is 353 g/mol. The molecule has 7 nitrogen and oxygen atoms in total. The fourth-order valence-electron chi connectivity index (χ4n) is 3.64. The maximum atomic E-state index is 12.9. The van der Waals surface area contributed by atoms with Crippen LogP contribution in [0.2, 0.25) is 0 Å². The van der Waals surface area contributed by atoms with Crippen LogP contribution in [0.4, 0.5) is 11.8 Å². The highest BCUT2D eigenvalue weighted by atomic mass is 16.5. The summed E-state index contributed by atoms with van der Waals surface area (Å²) >= 11 is 0. The van der Waals surface area contributed by atoms with Gasteiger partial charge in [0.05, 0.1) is 17.9 Å². The van der Waals surface area contributed by atoms with Crippen LogP contribution >= 0.6 is 0 Å². The van der Waals surface area contributed by atoms with E-state index in [-0.39, 0.29) is 17.5 Å². The Hall–Kier alpha value is -2.67. The Labute approximate surface area is 152 Å². The highest BCUT2D eigenvalue weighted by Crippen LogP contribution is 2.37. The molecule has 0 radical (unpaired) electrons. The molecule has 136 valence electrons. The van der Waals surface area contributed by atoms with Gasteiger partial charge in [-0.1, -0.05) is 12.1 Å². The average molecular weight is 353 g/mol. The third-order valence-electron chi connectivity index (χ3n) is 5.33. The minimum Gasteiger partial charge on any atom is -0.375 e. The molecule has 0 unspecified atom stereocenters. The molecule has 2 aliphatic rings. The zero-order valence-corrected chi connectivity index (χ0v) is 14.9. The summed E-state index contributed by atoms with van der Waals surface area (Å²) < 4.78 is 5.73. The number of nitrogens with two attached hydrogens (primary N) is 1. The van der Waals surface area contributed by atoms with Crippen molar-refractivity contribution in [3.05, 3.63) is 35.9 Å². The van der Waals surface area contributed by atoms with Crippen LogP contribution in [0.1, 0.15) is 29.6 Å². The highest BCUT2D eigenvalue weighted by Gasteiger charge is 2.42. The second-order valence-electron chi connectivity index (χ2n) is 6.90. The van der Waals surface area contributed by atoms with E-state index >= 15 is 0 Å². The third kappa shape index (κ3) is 3.10. The molecule has 1 amide bonds. The first-order valence-electron chi connectivity index (χ1n) is 8.95. The topological polar surface area (TPSA) is 93.4 Å². The third-order valence-corrected chi connectivity index (χ3v) is 5.33. The molecule has 2 aliphatic heterocycles. The Morgan fingerprint density at radius 1 is 1.23 bits per heavy atom. The lowest BCUT2D eigenvalue weighted by Gasteiger charge is -2.47. The van der Waals surface area contributed by atoms with Crippen molar-refractivity contribution in [2.45, 2.75) is 24.9 Å². The Balaban J connectivity index is 1.54. The van der Waals surface area contributed by atoms with E-state index in [4.69, 9.17) is 10.5 Å². The average Bonchev–Trinajstić information content (AvgIpc) is 2.66. The van der Waals surface area contributed by atoms with E-state index in [1.807, 2.05) is 35.2 Å². The standard InChI is InChI=1S/C19H23N5O2/c1-21-16-12-15(22-18(20)23-16)13-3-2-4-14(11-13)17(25)24-8-5-19(6-9-24)7-10-26-19/h2-4,11-12H,5-10H2,1H3,(H3,20,21,22,23). The van der Waals surface area contributed by atoms with Crippen LogP contribution in [-0.2, 0) is 4.74 Å². The first-order valence-corrected chi connectivity index (χ1v) is 8.95. The Kier molecular flexibility index (Phi) is 4.24. The number of rotatable bonds is 3. The van der Waals surface area contributed by atoms with Crippen LogP contribution in [-0.4, -0.2) is 53.1 Å². The van der Waals surface area contributed by atoms with E-state index in [1.54, 1.807) is 7.05 Å². The number of piperidine rings is 1. The van der Waals surface area contributed by atoms with E-state index in [0.29, 0.717) is 17.1 Å². The molecule has 1 aromatic carbocycles. The van der Waals surface area contributed by atoms with Gasteiger partial charge in [0.2, 0.25) is 5.95 Å². The lowest BCUT2D eigenvalue weighted by atomic mass is 9.84. The lowest BCUT2D eigenvalue weighted by molar-refractivity contribution is -0.169. The Morgan fingerprint density at radius 2 is 2.00 bits per heavy atom. The molecular weight excluding hydrogens is 330 g/mol. The summed E-state index contributed by atoms with van der Waals surface area (Å²) in [5, 5.41) is 2.97. The van der Waals surface area contributed by atoms with Crippen LogP contribution in [0.5, 0.6) is 0 Å². The molecule has 0 atom stereocenters. The van der Waals surface area contributed by atoms with Crippen molar-refractivity contribution in [1.29, 1.82) is 0 Å². The Morgan fingerprint density at radius 3 is 2.65 bits per heavy atom. The Bertz CT molecular complexity index is 824. The van der Waals surface area contributed by atoms with Gasteiger partial charge < -0.3 is 20.7 Å². The summed E-state index contributed by atoms with van der Waals surface area (Å²) in [7, 11) is 1.78. The number of nitrogens with one attached hydrogen (secondary N) is 1. The number of benzene rings is 1. The van der Waals surface area contributed by atoms with Gasteiger partial charge in [0.1, 0.15) is 5.82 Å². The zero-order valence-electron chi connectivity index (χ0n) is 14.9. The molecule has 4 rings (SSSR count). The molecule has 3 N–H and O–H groups in total. The van der Waals surface area contributed by atoms with Gasteiger partial charge in [0.15, 0.2) is 0 Å². The van der Waals surface area contributed by atoms with Crippen molar-refractivity contribution in [3.63, 3.8) is 0 Å². The van der Waals surface area contributed by atoms with Gasteiger partial charge in [0.25, 0.3) is 5.91 Å². The summed E-state index contributed by atoms with van der Waals surface area (Å²) in [4.78, 5) is 23.2. The number of nitrogen functional groups attached to an aromatic ring is 1. The molecule has 0 saturated carbocycles. The number of amides is 1. The zero-order chi connectivity index (χ0) is 18.1. The van der Waals surface area contributed by atoms with Crippen LogP contribution < -0.4 is 11.1 Å². The predicted molar refractivity (Wildman–Crippen MR) is 99.9 cm³/mol. The van der Waals surface area contributed by atoms with Crippen molar-refractivity contribution >= 4 is 17.7 Å². The van der Waals surface area contributed by atoms with E-state index in [1.165, 1.54) is 0 Å². The molecule has 1 spiro atoms. The first kappa shape index (κ1) is 16.8. The van der Waals surface area contributed by atoms with Gasteiger partial charge in [-0.25, -0.2) is 4.98 Å². The SMILES string of the molecule is CNc1cc(-c2cccc(C(=O)N3CCC4(CCO4)CC3)c2)nc(N)n1. The number of anilines is 2. The number of carbonyl (C=O) groups excluding carboxylic acids is 1. The molecule has 2 fully saturated rings. The summed E-state index contributed by atoms with van der Waals surface area (Å²) in [6.45, 7) is 2.34. The molecule has 0 aliphatic carbocycles. The van der Waals surface area contributed by atoms with Gasteiger partial charge in [-0.2, -0.15) is 4.98 Å². The van der Waals surface area contributed by atoms with Crippen molar-refractivity contribution in [2.75, 3.05) is 37.8 Å². The fraction of sp³-hybridized carbons (Fsp3) is 0.421. The number of ether oxygens (including phenoxy) is 1. The number of aromatic nitrogens is 2. The second-order valence-corrected chi connectivity index (χ2v) is 6.90.